The quantitative estimate of drug-likeness (QED) is 0.458. The van der Waals surface area contributed by atoms with E-state index in [0.29, 0.717) is 34.3 Å². The van der Waals surface area contributed by atoms with Crippen molar-refractivity contribution in [3.8, 4) is 11.5 Å². The molecular formula is C29H30N4O5. The lowest BCUT2D eigenvalue weighted by atomic mass is 9.90. The molecule has 0 spiro atoms. The molecule has 1 heterocycles. The fraction of sp³-hybridized carbons (Fsp3) is 0.241. The lowest BCUT2D eigenvalue weighted by molar-refractivity contribution is -0.129. The molecule has 3 amide bonds. The Morgan fingerprint density at radius 1 is 0.947 bits per heavy atom. The Hall–Kier alpha value is -4.66. The van der Waals surface area contributed by atoms with Gasteiger partial charge in [-0.1, -0.05) is 30.3 Å². The van der Waals surface area contributed by atoms with E-state index in [1.165, 1.54) is 16.7 Å². The van der Waals surface area contributed by atoms with Crippen LogP contribution in [0.4, 0.5) is 17.1 Å². The van der Waals surface area contributed by atoms with Gasteiger partial charge in [0.05, 0.1) is 25.6 Å². The molecule has 4 rings (SSSR count). The van der Waals surface area contributed by atoms with Gasteiger partial charge in [0, 0.05) is 38.5 Å². The van der Waals surface area contributed by atoms with Crippen LogP contribution in [-0.4, -0.2) is 63.2 Å². The number of likely N-dealkylation sites (N-methyl/N-ethyl adjacent to an activating group) is 1. The lowest BCUT2D eigenvalue weighted by Gasteiger charge is -2.22. The van der Waals surface area contributed by atoms with Gasteiger partial charge in [0.2, 0.25) is 17.7 Å². The maximum atomic E-state index is 13.3. The van der Waals surface area contributed by atoms with Crippen LogP contribution in [0.3, 0.4) is 0 Å². The number of methoxy groups -OCH3 is 2. The molecule has 38 heavy (non-hydrogen) atoms. The first-order valence-corrected chi connectivity index (χ1v) is 12.0. The third-order valence-corrected chi connectivity index (χ3v) is 6.31. The monoisotopic (exact) mass is 514 g/mol. The molecule has 0 aromatic heterocycles. The van der Waals surface area contributed by atoms with Gasteiger partial charge in [0.1, 0.15) is 12.5 Å². The Kier molecular flexibility index (Phi) is 7.76. The van der Waals surface area contributed by atoms with Crippen molar-refractivity contribution >= 4 is 40.5 Å². The highest BCUT2D eigenvalue weighted by atomic mass is 16.5. The highest BCUT2D eigenvalue weighted by Crippen LogP contribution is 2.42. The molecule has 1 N–H and O–H groups in total. The SMILES string of the molecule is COc1cc2c(cc1OC)C(C(=Nc1ccc(N(CC(=O)N(C)C)C(C)=O)cc1)c1ccccc1)C(=O)N2. The second kappa shape index (κ2) is 11.2. The Labute approximate surface area is 221 Å². The third kappa shape index (κ3) is 5.36. The Bertz CT molecular complexity index is 1380. The van der Waals surface area contributed by atoms with Crippen molar-refractivity contribution in [2.45, 2.75) is 12.8 Å². The van der Waals surface area contributed by atoms with Crippen LogP contribution in [0.2, 0.25) is 0 Å². The number of carbonyl (C=O) groups is 3. The van der Waals surface area contributed by atoms with Crippen LogP contribution < -0.4 is 19.7 Å². The number of benzene rings is 3. The number of rotatable bonds is 8. The van der Waals surface area contributed by atoms with Crippen molar-refractivity contribution < 1.29 is 23.9 Å². The summed E-state index contributed by atoms with van der Waals surface area (Å²) < 4.78 is 10.9. The van der Waals surface area contributed by atoms with E-state index in [1.807, 2.05) is 30.3 Å². The number of ether oxygens (including phenoxy) is 2. The maximum absolute atomic E-state index is 13.3. The molecule has 0 fully saturated rings. The standard InChI is InChI=1S/C29H30N4O5/c1-18(34)33(17-26(35)32(2)3)21-13-11-20(12-14-21)30-28(19-9-7-6-8-10-19)27-22-15-24(37-4)25(38-5)16-23(22)31-29(27)36/h6-16,27H,17H2,1-5H3,(H,31,36). The second-order valence-corrected chi connectivity index (χ2v) is 8.99. The van der Waals surface area contributed by atoms with Crippen molar-refractivity contribution in [3.63, 3.8) is 0 Å². The van der Waals surface area contributed by atoms with Crippen LogP contribution in [-0.2, 0) is 14.4 Å². The van der Waals surface area contributed by atoms with Crippen molar-refractivity contribution in [1.82, 2.24) is 4.90 Å². The summed E-state index contributed by atoms with van der Waals surface area (Å²) in [5.41, 5.74) is 3.90. The number of anilines is 2. The number of carbonyl (C=O) groups excluding carboxylic acids is 3. The van der Waals surface area contributed by atoms with Gasteiger partial charge in [0.25, 0.3) is 0 Å². The van der Waals surface area contributed by atoms with Crippen LogP contribution in [0.5, 0.6) is 11.5 Å². The first-order valence-electron chi connectivity index (χ1n) is 12.0. The molecule has 0 saturated heterocycles. The maximum Gasteiger partial charge on any atom is 0.242 e. The molecule has 9 nitrogen and oxygen atoms in total. The Morgan fingerprint density at radius 2 is 1.58 bits per heavy atom. The highest BCUT2D eigenvalue weighted by molar-refractivity contribution is 6.24. The van der Waals surface area contributed by atoms with Crippen LogP contribution in [0, 0.1) is 0 Å². The zero-order chi connectivity index (χ0) is 27.4. The number of hydrogen-bond acceptors (Lipinski definition) is 6. The molecule has 0 radical (unpaired) electrons. The fourth-order valence-electron chi connectivity index (χ4n) is 4.27. The lowest BCUT2D eigenvalue weighted by Crippen LogP contribution is -2.39. The molecule has 1 atom stereocenters. The van der Waals surface area contributed by atoms with Gasteiger partial charge >= 0.3 is 0 Å². The Balaban J connectivity index is 1.76. The summed E-state index contributed by atoms with van der Waals surface area (Å²) >= 11 is 0. The van der Waals surface area contributed by atoms with Gasteiger partial charge in [-0.3, -0.25) is 19.4 Å². The highest BCUT2D eigenvalue weighted by Gasteiger charge is 2.36. The van der Waals surface area contributed by atoms with Crippen LogP contribution in [0.1, 0.15) is 24.0 Å². The summed E-state index contributed by atoms with van der Waals surface area (Å²) in [7, 11) is 6.38. The van der Waals surface area contributed by atoms with E-state index in [4.69, 9.17) is 14.5 Å². The molecule has 9 heteroatoms. The first-order chi connectivity index (χ1) is 18.2. The molecule has 196 valence electrons. The van der Waals surface area contributed by atoms with Gasteiger partial charge in [-0.15, -0.1) is 0 Å². The summed E-state index contributed by atoms with van der Waals surface area (Å²) in [6.07, 6.45) is 0. The summed E-state index contributed by atoms with van der Waals surface area (Å²) in [5.74, 6) is -0.292. The molecule has 0 bridgehead atoms. The van der Waals surface area contributed by atoms with E-state index in [1.54, 1.807) is 64.7 Å². The van der Waals surface area contributed by atoms with E-state index in [-0.39, 0.29) is 24.3 Å². The summed E-state index contributed by atoms with van der Waals surface area (Å²) in [6.45, 7) is 1.35. The second-order valence-electron chi connectivity index (χ2n) is 8.99. The number of nitrogens with zero attached hydrogens (tertiary/aromatic N) is 3. The molecule has 0 aliphatic carbocycles. The molecule has 3 aromatic carbocycles. The molecular weight excluding hydrogens is 484 g/mol. The van der Waals surface area contributed by atoms with E-state index in [2.05, 4.69) is 5.32 Å². The number of aliphatic imine (C=N–C) groups is 1. The summed E-state index contributed by atoms with van der Waals surface area (Å²) in [6, 6.07) is 20.0. The van der Waals surface area contributed by atoms with Gasteiger partial charge in [-0.05, 0) is 41.5 Å². The minimum Gasteiger partial charge on any atom is -0.493 e. The van der Waals surface area contributed by atoms with E-state index >= 15 is 0 Å². The number of fused-ring (bicyclic) bond motifs is 1. The zero-order valence-electron chi connectivity index (χ0n) is 22.0. The van der Waals surface area contributed by atoms with E-state index < -0.39 is 5.92 Å². The van der Waals surface area contributed by atoms with E-state index in [9.17, 15) is 14.4 Å². The van der Waals surface area contributed by atoms with Crippen LogP contribution in [0.25, 0.3) is 0 Å². The normalized spacial score (nSPS) is 14.4. The predicted octanol–water partition coefficient (Wildman–Crippen LogP) is 4.00. The minimum absolute atomic E-state index is 0.0649. The third-order valence-electron chi connectivity index (χ3n) is 6.31. The summed E-state index contributed by atoms with van der Waals surface area (Å²) in [4.78, 5) is 45.5. The predicted molar refractivity (Wildman–Crippen MR) is 147 cm³/mol. The van der Waals surface area contributed by atoms with Crippen molar-refractivity contribution in [2.75, 3.05) is 45.1 Å². The average Bonchev–Trinajstić information content (AvgIpc) is 3.24. The molecule has 1 aliphatic rings. The van der Waals surface area contributed by atoms with E-state index in [0.717, 1.165) is 11.1 Å². The fourth-order valence-corrected chi connectivity index (χ4v) is 4.27. The van der Waals surface area contributed by atoms with Crippen LogP contribution in [0.15, 0.2) is 71.7 Å². The zero-order valence-corrected chi connectivity index (χ0v) is 22.0. The van der Waals surface area contributed by atoms with Gasteiger partial charge < -0.3 is 24.6 Å². The number of amides is 3. The Morgan fingerprint density at radius 3 is 2.16 bits per heavy atom. The molecule has 3 aromatic rings. The van der Waals surface area contributed by atoms with Gasteiger partial charge in [-0.25, -0.2) is 0 Å². The molecule has 1 unspecified atom stereocenters. The summed E-state index contributed by atoms with van der Waals surface area (Å²) in [5, 5.41) is 2.94. The largest absolute Gasteiger partial charge is 0.493 e. The first kappa shape index (κ1) is 26.4. The van der Waals surface area contributed by atoms with Crippen molar-refractivity contribution in [3.05, 3.63) is 77.9 Å². The van der Waals surface area contributed by atoms with Crippen LogP contribution >= 0.6 is 0 Å². The smallest absolute Gasteiger partial charge is 0.242 e. The number of nitrogens with one attached hydrogen (secondary N) is 1. The van der Waals surface area contributed by atoms with Crippen molar-refractivity contribution in [2.24, 2.45) is 4.99 Å². The van der Waals surface area contributed by atoms with Gasteiger partial charge in [-0.2, -0.15) is 0 Å². The molecule has 1 aliphatic heterocycles. The number of hydrogen-bond donors (Lipinski definition) is 1. The minimum atomic E-state index is -0.682. The van der Waals surface area contributed by atoms with Crippen molar-refractivity contribution in [1.29, 1.82) is 0 Å². The van der Waals surface area contributed by atoms with Gasteiger partial charge in [0.15, 0.2) is 11.5 Å². The topological polar surface area (TPSA) is 101 Å². The average molecular weight is 515 g/mol. The molecule has 0 saturated carbocycles.